The molecule has 0 radical (unpaired) electrons. The van der Waals surface area contributed by atoms with Crippen molar-refractivity contribution in [2.75, 3.05) is 11.6 Å². The maximum Gasteiger partial charge on any atom is 0.257 e. The van der Waals surface area contributed by atoms with Crippen LogP contribution in [-0.4, -0.2) is 37.5 Å². The number of amides is 2. The number of rotatable bonds is 6. The summed E-state index contributed by atoms with van der Waals surface area (Å²) in [6.07, 6.45) is 2.57. The van der Waals surface area contributed by atoms with Gasteiger partial charge < -0.3 is 10.6 Å². The smallest absolute Gasteiger partial charge is 0.257 e. The lowest BCUT2D eigenvalue weighted by molar-refractivity contribution is 0.0942. The van der Waals surface area contributed by atoms with E-state index in [9.17, 15) is 18.0 Å². The van der Waals surface area contributed by atoms with Gasteiger partial charge in [-0.05, 0) is 56.3 Å². The van der Waals surface area contributed by atoms with Gasteiger partial charge in [0.25, 0.3) is 11.8 Å². The van der Waals surface area contributed by atoms with Gasteiger partial charge in [-0.25, -0.2) is 8.42 Å². The third kappa shape index (κ3) is 5.72. The summed E-state index contributed by atoms with van der Waals surface area (Å²) < 4.78 is 23.3. The number of nitrogens with zero attached hydrogens (tertiary/aromatic N) is 1. The molecule has 0 bridgehead atoms. The van der Waals surface area contributed by atoms with Gasteiger partial charge in [0.1, 0.15) is 0 Å². The lowest BCUT2D eigenvalue weighted by Gasteiger charge is -2.10. The third-order valence-corrected chi connectivity index (χ3v) is 5.90. The lowest BCUT2D eigenvalue weighted by Crippen LogP contribution is -2.30. The minimum atomic E-state index is -3.43. The molecular formula is C23H22ClN3O4S. The lowest BCUT2D eigenvalue weighted by atomic mass is 10.1. The molecule has 2 N–H and O–H groups in total. The average molecular weight is 472 g/mol. The van der Waals surface area contributed by atoms with E-state index in [-0.39, 0.29) is 27.4 Å². The fourth-order valence-corrected chi connectivity index (χ4v) is 3.89. The van der Waals surface area contributed by atoms with Crippen molar-refractivity contribution in [2.24, 2.45) is 0 Å². The fourth-order valence-electron chi connectivity index (χ4n) is 2.91. The summed E-state index contributed by atoms with van der Waals surface area (Å²) in [7, 11) is -3.43. The molecule has 9 heteroatoms. The van der Waals surface area contributed by atoms with Gasteiger partial charge in [-0.1, -0.05) is 23.7 Å². The molecule has 2 amide bonds. The van der Waals surface area contributed by atoms with Crippen LogP contribution >= 0.6 is 11.6 Å². The standard InChI is InChI=1S/C23H22ClN3O4S/c1-14(2)26-22(28)16-7-10-21(25-13-16)15-5-4-6-17(11-15)27-23(29)19-9-8-18(12-20(19)24)32(3,30)31/h4-14H,1-3H3,(H,26,28)(H,27,29). The van der Waals surface area contributed by atoms with Crippen LogP contribution in [0, 0.1) is 0 Å². The number of anilines is 1. The maximum atomic E-state index is 12.6. The Kier molecular flexibility index (Phi) is 6.96. The molecule has 0 spiro atoms. The van der Waals surface area contributed by atoms with E-state index >= 15 is 0 Å². The first-order chi connectivity index (χ1) is 15.0. The van der Waals surface area contributed by atoms with Crippen LogP contribution in [0.2, 0.25) is 5.02 Å². The molecule has 7 nitrogen and oxygen atoms in total. The predicted octanol–water partition coefficient (Wildman–Crippen LogP) is 4.20. The molecule has 166 valence electrons. The Hall–Kier alpha value is -3.23. The Morgan fingerprint density at radius 3 is 2.34 bits per heavy atom. The van der Waals surface area contributed by atoms with E-state index in [0.717, 1.165) is 11.8 Å². The first-order valence-corrected chi connectivity index (χ1v) is 12.0. The number of hydrogen-bond donors (Lipinski definition) is 2. The van der Waals surface area contributed by atoms with Crippen molar-refractivity contribution in [3.8, 4) is 11.3 Å². The second kappa shape index (κ2) is 9.50. The van der Waals surface area contributed by atoms with Gasteiger partial charge in [0.15, 0.2) is 9.84 Å². The molecule has 0 aliphatic rings. The van der Waals surface area contributed by atoms with Crippen LogP contribution in [0.4, 0.5) is 5.69 Å². The Labute approximate surface area is 191 Å². The van der Waals surface area contributed by atoms with Crippen LogP contribution in [0.15, 0.2) is 65.7 Å². The van der Waals surface area contributed by atoms with E-state index in [1.165, 1.54) is 24.4 Å². The molecule has 1 aromatic heterocycles. The quantitative estimate of drug-likeness (QED) is 0.560. The van der Waals surface area contributed by atoms with E-state index in [4.69, 9.17) is 11.6 Å². The monoisotopic (exact) mass is 471 g/mol. The van der Waals surface area contributed by atoms with Crippen molar-refractivity contribution in [2.45, 2.75) is 24.8 Å². The van der Waals surface area contributed by atoms with Crippen LogP contribution in [0.5, 0.6) is 0 Å². The number of benzene rings is 2. The summed E-state index contributed by atoms with van der Waals surface area (Å²) in [6.45, 7) is 3.76. The van der Waals surface area contributed by atoms with E-state index < -0.39 is 15.7 Å². The molecule has 0 saturated carbocycles. The molecule has 0 atom stereocenters. The Balaban J connectivity index is 1.78. The van der Waals surface area contributed by atoms with Crippen LogP contribution in [0.1, 0.15) is 34.6 Å². The highest BCUT2D eigenvalue weighted by Crippen LogP contribution is 2.24. The van der Waals surface area contributed by atoms with Crippen LogP contribution < -0.4 is 10.6 Å². The van der Waals surface area contributed by atoms with Crippen LogP contribution in [0.25, 0.3) is 11.3 Å². The van der Waals surface area contributed by atoms with Crippen molar-refractivity contribution in [1.82, 2.24) is 10.3 Å². The van der Waals surface area contributed by atoms with Gasteiger partial charge in [-0.15, -0.1) is 0 Å². The Bertz CT molecular complexity index is 1270. The highest BCUT2D eigenvalue weighted by Gasteiger charge is 2.15. The minimum Gasteiger partial charge on any atom is -0.350 e. The molecule has 2 aromatic carbocycles. The van der Waals surface area contributed by atoms with Gasteiger partial charge >= 0.3 is 0 Å². The first-order valence-electron chi connectivity index (χ1n) is 9.73. The van der Waals surface area contributed by atoms with Crippen molar-refractivity contribution in [3.63, 3.8) is 0 Å². The summed E-state index contributed by atoms with van der Waals surface area (Å²) in [5.74, 6) is -0.667. The number of nitrogens with one attached hydrogen (secondary N) is 2. The molecule has 1 heterocycles. The van der Waals surface area contributed by atoms with E-state index in [1.807, 2.05) is 19.9 Å². The summed E-state index contributed by atoms with van der Waals surface area (Å²) in [5, 5.41) is 5.60. The van der Waals surface area contributed by atoms with Crippen molar-refractivity contribution in [3.05, 3.63) is 76.9 Å². The SMILES string of the molecule is CC(C)NC(=O)c1ccc(-c2cccc(NC(=O)c3ccc(S(C)(=O)=O)cc3Cl)c2)nc1. The number of aromatic nitrogens is 1. The first kappa shape index (κ1) is 23.4. The molecule has 0 aliphatic carbocycles. The fraction of sp³-hybridized carbons (Fsp3) is 0.174. The van der Waals surface area contributed by atoms with Crippen molar-refractivity contribution < 1.29 is 18.0 Å². The second-order valence-corrected chi connectivity index (χ2v) is 9.93. The molecule has 0 saturated heterocycles. The highest BCUT2D eigenvalue weighted by molar-refractivity contribution is 7.90. The minimum absolute atomic E-state index is 0.0264. The summed E-state index contributed by atoms with van der Waals surface area (Å²) in [6, 6.07) is 14.5. The summed E-state index contributed by atoms with van der Waals surface area (Å²) in [4.78, 5) is 29.1. The zero-order valence-electron chi connectivity index (χ0n) is 17.7. The van der Waals surface area contributed by atoms with Gasteiger partial charge in [0.05, 0.1) is 26.7 Å². The molecule has 0 aliphatic heterocycles. The molecular weight excluding hydrogens is 450 g/mol. The average Bonchev–Trinajstić information content (AvgIpc) is 2.72. The third-order valence-electron chi connectivity index (χ3n) is 4.47. The van der Waals surface area contributed by atoms with Crippen molar-refractivity contribution in [1.29, 1.82) is 0 Å². The van der Waals surface area contributed by atoms with E-state index in [2.05, 4.69) is 15.6 Å². The van der Waals surface area contributed by atoms with Gasteiger partial charge in [-0.2, -0.15) is 0 Å². The number of carbonyl (C=O) groups is 2. The van der Waals surface area contributed by atoms with Gasteiger partial charge in [0, 0.05) is 29.7 Å². The zero-order chi connectivity index (χ0) is 23.5. The van der Waals surface area contributed by atoms with E-state index in [0.29, 0.717) is 16.9 Å². The number of carbonyl (C=O) groups excluding carboxylic acids is 2. The molecule has 32 heavy (non-hydrogen) atoms. The van der Waals surface area contributed by atoms with Gasteiger partial charge in [-0.3, -0.25) is 14.6 Å². The molecule has 0 fully saturated rings. The van der Waals surface area contributed by atoms with Crippen LogP contribution in [-0.2, 0) is 9.84 Å². The highest BCUT2D eigenvalue weighted by atomic mass is 35.5. The normalized spacial score (nSPS) is 11.3. The number of hydrogen-bond acceptors (Lipinski definition) is 5. The van der Waals surface area contributed by atoms with Gasteiger partial charge in [0.2, 0.25) is 0 Å². The second-order valence-electron chi connectivity index (χ2n) is 7.51. The van der Waals surface area contributed by atoms with Crippen LogP contribution in [0.3, 0.4) is 0 Å². The predicted molar refractivity (Wildman–Crippen MR) is 125 cm³/mol. The molecule has 0 unspecified atom stereocenters. The Morgan fingerprint density at radius 1 is 1.00 bits per heavy atom. The zero-order valence-corrected chi connectivity index (χ0v) is 19.3. The number of pyridine rings is 1. The number of sulfone groups is 1. The maximum absolute atomic E-state index is 12.6. The molecule has 3 aromatic rings. The van der Waals surface area contributed by atoms with E-state index in [1.54, 1.807) is 30.3 Å². The topological polar surface area (TPSA) is 105 Å². The van der Waals surface area contributed by atoms with Crippen molar-refractivity contribution >= 4 is 38.9 Å². The largest absolute Gasteiger partial charge is 0.350 e. The summed E-state index contributed by atoms with van der Waals surface area (Å²) >= 11 is 6.13. The number of halogens is 1. The Morgan fingerprint density at radius 2 is 1.75 bits per heavy atom. The summed E-state index contributed by atoms with van der Waals surface area (Å²) in [5.41, 5.74) is 2.51. The molecule has 3 rings (SSSR count).